The van der Waals surface area contributed by atoms with E-state index in [1.54, 1.807) is 4.90 Å². The topological polar surface area (TPSA) is 53.1 Å². The molecule has 38 heavy (non-hydrogen) atoms. The highest BCUT2D eigenvalue weighted by Crippen LogP contribution is 2.37. The van der Waals surface area contributed by atoms with Gasteiger partial charge in [0.05, 0.1) is 6.04 Å². The Labute approximate surface area is 225 Å². The Kier molecular flexibility index (Phi) is 8.08. The number of benzene rings is 3. The molecule has 2 amide bonds. The summed E-state index contributed by atoms with van der Waals surface area (Å²) < 4.78 is 5.78. The molecule has 0 saturated carbocycles. The normalized spacial score (nSPS) is 23.2. The highest BCUT2D eigenvalue weighted by atomic mass is 16.6. The number of hydrazine groups is 1. The zero-order valence-electron chi connectivity index (χ0n) is 22.3. The number of carbonyl (C=O) groups excluding carboxylic acids is 2. The number of carbonyl (C=O) groups is 2. The molecular formula is C32H37N3O3. The van der Waals surface area contributed by atoms with Crippen LogP contribution in [0.1, 0.15) is 49.8 Å². The van der Waals surface area contributed by atoms with E-state index < -0.39 is 12.1 Å². The standard InChI is InChI=1S/C32H37N3O3/c1-24-18-19-25(2)34(24)35-29(21-20-26-12-6-3-7-13-26)30(31(35)36)33(22-27-14-8-4-9-15-27)32(37)38-23-28-16-10-5-11-17-28/h3-17,24-25,29-30H,18-23H2,1-2H3/t24-,25-,29-,30+/m1/s1. The minimum Gasteiger partial charge on any atom is -0.445 e. The van der Waals surface area contributed by atoms with Crippen LogP contribution in [0.25, 0.3) is 0 Å². The lowest BCUT2D eigenvalue weighted by Crippen LogP contribution is -2.76. The van der Waals surface area contributed by atoms with Gasteiger partial charge in [-0.25, -0.2) is 9.80 Å². The maximum absolute atomic E-state index is 13.9. The summed E-state index contributed by atoms with van der Waals surface area (Å²) in [7, 11) is 0. The molecule has 2 aliphatic heterocycles. The Morgan fingerprint density at radius 3 is 1.92 bits per heavy atom. The van der Waals surface area contributed by atoms with E-state index in [0.717, 1.165) is 36.8 Å². The Morgan fingerprint density at radius 2 is 1.34 bits per heavy atom. The van der Waals surface area contributed by atoms with Crippen molar-refractivity contribution in [1.29, 1.82) is 0 Å². The van der Waals surface area contributed by atoms with E-state index in [4.69, 9.17) is 4.74 Å². The van der Waals surface area contributed by atoms with Gasteiger partial charge in [-0.1, -0.05) is 91.0 Å². The third-order valence-corrected chi connectivity index (χ3v) is 7.85. The van der Waals surface area contributed by atoms with Gasteiger partial charge < -0.3 is 4.74 Å². The van der Waals surface area contributed by atoms with E-state index >= 15 is 0 Å². The molecule has 5 rings (SSSR count). The first-order chi connectivity index (χ1) is 18.5. The summed E-state index contributed by atoms with van der Waals surface area (Å²) in [6.07, 6.45) is 3.28. The van der Waals surface area contributed by atoms with E-state index in [1.165, 1.54) is 5.56 Å². The van der Waals surface area contributed by atoms with Crippen LogP contribution >= 0.6 is 0 Å². The van der Waals surface area contributed by atoms with Gasteiger partial charge in [-0.15, -0.1) is 0 Å². The van der Waals surface area contributed by atoms with Crippen LogP contribution in [0.2, 0.25) is 0 Å². The molecule has 198 valence electrons. The Hall–Kier alpha value is -3.64. The van der Waals surface area contributed by atoms with Gasteiger partial charge in [0.25, 0.3) is 5.91 Å². The van der Waals surface area contributed by atoms with Gasteiger partial charge in [-0.3, -0.25) is 14.7 Å². The van der Waals surface area contributed by atoms with Crippen molar-refractivity contribution in [3.05, 3.63) is 108 Å². The van der Waals surface area contributed by atoms with Crippen LogP contribution in [0.15, 0.2) is 91.0 Å². The number of nitrogens with zero attached hydrogens (tertiary/aromatic N) is 3. The smallest absolute Gasteiger partial charge is 0.411 e. The monoisotopic (exact) mass is 511 g/mol. The second-order valence-electron chi connectivity index (χ2n) is 10.5. The first kappa shape index (κ1) is 26.0. The predicted molar refractivity (Wildman–Crippen MR) is 148 cm³/mol. The molecule has 0 N–H and O–H groups in total. The van der Waals surface area contributed by atoms with Crippen molar-refractivity contribution in [2.75, 3.05) is 0 Å². The third-order valence-electron chi connectivity index (χ3n) is 7.85. The van der Waals surface area contributed by atoms with Crippen LogP contribution in [0.5, 0.6) is 0 Å². The average molecular weight is 512 g/mol. The predicted octanol–water partition coefficient (Wildman–Crippen LogP) is 5.83. The fourth-order valence-electron chi connectivity index (χ4n) is 5.85. The molecule has 6 heteroatoms. The zero-order chi connectivity index (χ0) is 26.5. The molecule has 0 radical (unpaired) electrons. The van der Waals surface area contributed by atoms with Crippen molar-refractivity contribution in [3.8, 4) is 0 Å². The Bertz CT molecular complexity index is 1190. The lowest BCUT2D eigenvalue weighted by atomic mass is 9.89. The molecule has 6 nitrogen and oxygen atoms in total. The van der Waals surface area contributed by atoms with Crippen molar-refractivity contribution in [3.63, 3.8) is 0 Å². The molecule has 0 aliphatic carbocycles. The van der Waals surface area contributed by atoms with Gasteiger partial charge in [0.15, 0.2) is 0 Å². The number of rotatable bonds is 9. The minimum atomic E-state index is -0.567. The van der Waals surface area contributed by atoms with E-state index in [0.29, 0.717) is 18.6 Å². The Balaban J connectivity index is 1.41. The molecule has 2 fully saturated rings. The fraction of sp³-hybridized carbons (Fsp3) is 0.375. The van der Waals surface area contributed by atoms with Crippen LogP contribution in [-0.4, -0.2) is 51.1 Å². The van der Waals surface area contributed by atoms with Crippen LogP contribution in [0.3, 0.4) is 0 Å². The number of hydrogen-bond donors (Lipinski definition) is 0. The maximum atomic E-state index is 13.9. The van der Waals surface area contributed by atoms with Gasteiger partial charge in [0.2, 0.25) is 0 Å². The van der Waals surface area contributed by atoms with Gasteiger partial charge >= 0.3 is 6.09 Å². The molecule has 0 unspecified atom stereocenters. The van der Waals surface area contributed by atoms with Crippen molar-refractivity contribution < 1.29 is 14.3 Å². The fourth-order valence-corrected chi connectivity index (χ4v) is 5.85. The van der Waals surface area contributed by atoms with Gasteiger partial charge in [0.1, 0.15) is 12.6 Å². The summed E-state index contributed by atoms with van der Waals surface area (Å²) in [5.74, 6) is -0.0174. The molecule has 3 aromatic carbocycles. The zero-order valence-corrected chi connectivity index (χ0v) is 22.3. The Morgan fingerprint density at radius 1 is 0.816 bits per heavy atom. The van der Waals surface area contributed by atoms with Crippen LogP contribution < -0.4 is 0 Å². The van der Waals surface area contributed by atoms with Crippen molar-refractivity contribution in [2.45, 2.75) is 76.8 Å². The first-order valence-corrected chi connectivity index (χ1v) is 13.7. The molecule has 3 aromatic rings. The third kappa shape index (κ3) is 5.60. The second kappa shape index (κ2) is 11.8. The molecule has 4 atom stereocenters. The molecule has 2 aliphatic rings. The summed E-state index contributed by atoms with van der Waals surface area (Å²) >= 11 is 0. The van der Waals surface area contributed by atoms with Gasteiger partial charge in [-0.05, 0) is 56.2 Å². The highest BCUT2D eigenvalue weighted by molar-refractivity contribution is 5.92. The summed E-state index contributed by atoms with van der Waals surface area (Å²) in [5.41, 5.74) is 3.12. The molecule has 0 aromatic heterocycles. The SMILES string of the molecule is C[C@@H]1CC[C@@H](C)N1N1C(=O)[C@@H](N(Cc2ccccc2)C(=O)OCc2ccccc2)[C@H]1CCc1ccccc1. The summed E-state index contributed by atoms with van der Waals surface area (Å²) in [4.78, 5) is 29.2. The minimum absolute atomic E-state index is 0.0174. The van der Waals surface area contributed by atoms with Crippen molar-refractivity contribution >= 4 is 12.0 Å². The van der Waals surface area contributed by atoms with Gasteiger partial charge in [0, 0.05) is 18.6 Å². The molecule has 2 heterocycles. The lowest BCUT2D eigenvalue weighted by Gasteiger charge is -2.56. The molecule has 0 spiro atoms. The summed E-state index contributed by atoms with van der Waals surface area (Å²) in [6.45, 7) is 4.87. The van der Waals surface area contributed by atoms with E-state index in [-0.39, 0.29) is 18.6 Å². The maximum Gasteiger partial charge on any atom is 0.411 e. The number of aryl methyl sites for hydroxylation is 1. The average Bonchev–Trinajstić information content (AvgIpc) is 3.27. The molecule has 0 bridgehead atoms. The molecular weight excluding hydrogens is 474 g/mol. The number of ether oxygens (including phenoxy) is 1. The number of β-lactam (4-membered cyclic amide) rings is 1. The van der Waals surface area contributed by atoms with Crippen LogP contribution in [0.4, 0.5) is 4.79 Å². The van der Waals surface area contributed by atoms with E-state index in [1.807, 2.05) is 83.9 Å². The highest BCUT2D eigenvalue weighted by Gasteiger charge is 2.56. The quantitative estimate of drug-likeness (QED) is 0.340. The largest absolute Gasteiger partial charge is 0.445 e. The van der Waals surface area contributed by atoms with Crippen LogP contribution in [-0.2, 0) is 29.1 Å². The number of hydrogen-bond acceptors (Lipinski definition) is 4. The second-order valence-corrected chi connectivity index (χ2v) is 10.5. The van der Waals surface area contributed by atoms with Crippen molar-refractivity contribution in [1.82, 2.24) is 14.9 Å². The van der Waals surface area contributed by atoms with Gasteiger partial charge in [-0.2, -0.15) is 0 Å². The number of amides is 2. The van der Waals surface area contributed by atoms with Crippen molar-refractivity contribution in [2.24, 2.45) is 0 Å². The van der Waals surface area contributed by atoms with Crippen LogP contribution in [0, 0.1) is 0 Å². The van der Waals surface area contributed by atoms with E-state index in [9.17, 15) is 9.59 Å². The summed E-state index contributed by atoms with van der Waals surface area (Å²) in [6, 6.07) is 29.8. The summed E-state index contributed by atoms with van der Waals surface area (Å²) in [5, 5.41) is 4.21. The van der Waals surface area contributed by atoms with E-state index in [2.05, 4.69) is 31.0 Å². The lowest BCUT2D eigenvalue weighted by molar-refractivity contribution is -0.201. The molecule has 2 saturated heterocycles. The first-order valence-electron chi connectivity index (χ1n) is 13.7.